The number of alkyl halides is 3. The van der Waals surface area contributed by atoms with E-state index in [2.05, 4.69) is 21.8 Å². The number of aromatic nitrogens is 2. The van der Waals surface area contributed by atoms with E-state index < -0.39 is 17.8 Å². The number of rotatable bonds is 1. The van der Waals surface area contributed by atoms with Crippen molar-refractivity contribution in [2.45, 2.75) is 12.2 Å². The van der Waals surface area contributed by atoms with Crippen molar-refractivity contribution in [1.29, 1.82) is 0 Å². The summed E-state index contributed by atoms with van der Waals surface area (Å²) >= 11 is 6.06. The molecule has 2 heterocycles. The lowest BCUT2D eigenvalue weighted by Gasteiger charge is -2.26. The first-order chi connectivity index (χ1) is 10.3. The molecule has 0 radical (unpaired) electrons. The van der Waals surface area contributed by atoms with Crippen LogP contribution in [0.1, 0.15) is 17.2 Å². The Labute approximate surface area is 128 Å². The van der Waals surface area contributed by atoms with Gasteiger partial charge in [0.05, 0.1) is 16.6 Å². The first kappa shape index (κ1) is 14.5. The summed E-state index contributed by atoms with van der Waals surface area (Å²) in [6, 6.07) is 2.82. The summed E-state index contributed by atoms with van der Waals surface area (Å²) in [6.07, 6.45) is -3.03. The van der Waals surface area contributed by atoms with Gasteiger partial charge in [-0.2, -0.15) is 13.2 Å². The molecule has 0 spiro atoms. The van der Waals surface area contributed by atoms with Crippen LogP contribution in [0.15, 0.2) is 30.9 Å². The van der Waals surface area contributed by atoms with Crippen LogP contribution in [0.2, 0.25) is 5.02 Å². The van der Waals surface area contributed by atoms with Crippen LogP contribution >= 0.6 is 11.6 Å². The molecule has 0 aliphatic carbocycles. The number of hydrogen-bond acceptors (Lipinski definition) is 2. The zero-order chi connectivity index (χ0) is 16.1. The molecule has 1 aromatic carbocycles. The number of nitrogens with one attached hydrogen (secondary N) is 1. The van der Waals surface area contributed by atoms with E-state index in [0.29, 0.717) is 17.1 Å². The van der Waals surface area contributed by atoms with Crippen molar-refractivity contribution in [3.05, 3.63) is 58.4 Å². The molecule has 1 N–H and O–H groups in total. The van der Waals surface area contributed by atoms with Crippen LogP contribution < -0.4 is 5.32 Å². The van der Waals surface area contributed by atoms with E-state index in [1.54, 1.807) is 0 Å². The van der Waals surface area contributed by atoms with E-state index in [-0.39, 0.29) is 10.8 Å². The van der Waals surface area contributed by atoms with Gasteiger partial charge in [-0.1, -0.05) is 24.2 Å². The summed E-state index contributed by atoms with van der Waals surface area (Å²) < 4.78 is 40.2. The fourth-order valence-corrected chi connectivity index (χ4v) is 2.67. The molecule has 3 rings (SSSR count). The van der Waals surface area contributed by atoms with Crippen LogP contribution in [0.3, 0.4) is 0 Å². The molecule has 4 nitrogen and oxygen atoms in total. The second-order valence-corrected chi connectivity index (χ2v) is 5.07. The highest BCUT2D eigenvalue weighted by Gasteiger charge is 2.35. The average molecular weight is 325 g/mol. The first-order valence-corrected chi connectivity index (χ1v) is 6.50. The summed E-state index contributed by atoms with van der Waals surface area (Å²) in [5.74, 6) is 0.596. The Hall–Kier alpha value is -2.46. The SMILES string of the molecule is [C-]#[N+]c1cc2n(n1)-c1c(Cl)cc(C(F)(F)F)cc1C(C=C)N2. The predicted molar refractivity (Wildman–Crippen MR) is 76.4 cm³/mol. The summed E-state index contributed by atoms with van der Waals surface area (Å²) in [5, 5.41) is 6.92. The molecule has 22 heavy (non-hydrogen) atoms. The molecule has 1 atom stereocenters. The Morgan fingerprint density at radius 2 is 2.14 bits per heavy atom. The molecule has 0 saturated heterocycles. The maximum Gasteiger partial charge on any atom is 0.416 e. The fourth-order valence-electron chi connectivity index (χ4n) is 2.36. The summed E-state index contributed by atoms with van der Waals surface area (Å²) in [5.41, 5.74) is -0.212. The first-order valence-electron chi connectivity index (χ1n) is 6.12. The van der Waals surface area contributed by atoms with Gasteiger partial charge in [0.1, 0.15) is 11.5 Å². The number of nitrogens with zero attached hydrogens (tertiary/aromatic N) is 3. The topological polar surface area (TPSA) is 34.2 Å². The summed E-state index contributed by atoms with van der Waals surface area (Å²) in [6.45, 7) is 10.6. The molecule has 0 fully saturated rings. The van der Waals surface area contributed by atoms with Gasteiger partial charge in [0.2, 0.25) is 0 Å². The molecule has 1 aliphatic heterocycles. The lowest BCUT2D eigenvalue weighted by molar-refractivity contribution is -0.137. The second-order valence-electron chi connectivity index (χ2n) is 4.66. The number of benzene rings is 1. The van der Waals surface area contributed by atoms with Gasteiger partial charge in [-0.15, -0.1) is 11.3 Å². The minimum Gasteiger partial charge on any atom is -0.359 e. The number of anilines is 1. The molecule has 8 heteroatoms. The third-order valence-electron chi connectivity index (χ3n) is 3.32. The zero-order valence-corrected chi connectivity index (χ0v) is 11.7. The van der Waals surface area contributed by atoms with Crippen LogP contribution in [0, 0.1) is 6.57 Å². The van der Waals surface area contributed by atoms with Crippen molar-refractivity contribution in [3.8, 4) is 5.69 Å². The van der Waals surface area contributed by atoms with Gasteiger partial charge in [0.25, 0.3) is 5.82 Å². The molecule has 1 aliphatic rings. The van der Waals surface area contributed by atoms with Gasteiger partial charge >= 0.3 is 6.18 Å². The van der Waals surface area contributed by atoms with Crippen molar-refractivity contribution in [3.63, 3.8) is 0 Å². The number of fused-ring (bicyclic) bond motifs is 3. The molecule has 1 unspecified atom stereocenters. The van der Waals surface area contributed by atoms with Crippen LogP contribution in [-0.2, 0) is 6.18 Å². The van der Waals surface area contributed by atoms with E-state index >= 15 is 0 Å². The Kier molecular flexibility index (Phi) is 3.15. The third kappa shape index (κ3) is 2.12. The van der Waals surface area contributed by atoms with E-state index in [1.807, 2.05) is 0 Å². The van der Waals surface area contributed by atoms with Crippen molar-refractivity contribution in [2.24, 2.45) is 0 Å². The standard InChI is InChI=1S/C14H8ClF3N4/c1-3-10-8-4-7(14(16,17)18)5-9(15)13(8)22-12(20-10)6-11(19-2)21-22/h3-6,10,20H,1H2. The van der Waals surface area contributed by atoms with E-state index in [0.717, 1.165) is 12.1 Å². The predicted octanol–water partition coefficient (Wildman–Crippen LogP) is 4.75. The maximum absolute atomic E-state index is 13.0. The van der Waals surface area contributed by atoms with Crippen LogP contribution in [0.5, 0.6) is 0 Å². The minimum absolute atomic E-state index is 0.0842. The lowest BCUT2D eigenvalue weighted by Crippen LogP contribution is -2.21. The van der Waals surface area contributed by atoms with Gasteiger partial charge < -0.3 is 10.2 Å². The largest absolute Gasteiger partial charge is 0.416 e. The maximum atomic E-state index is 13.0. The van der Waals surface area contributed by atoms with Gasteiger partial charge in [-0.05, 0) is 17.2 Å². The molecule has 0 amide bonds. The van der Waals surface area contributed by atoms with Crippen molar-refractivity contribution in [1.82, 2.24) is 9.78 Å². The van der Waals surface area contributed by atoms with Crippen LogP contribution in [-0.4, -0.2) is 9.78 Å². The molecule has 0 bridgehead atoms. The normalized spacial score (nSPS) is 16.2. The van der Waals surface area contributed by atoms with Crippen LogP contribution in [0.25, 0.3) is 10.5 Å². The molecule has 112 valence electrons. The Morgan fingerprint density at radius 1 is 1.41 bits per heavy atom. The van der Waals surface area contributed by atoms with E-state index in [4.69, 9.17) is 18.2 Å². The van der Waals surface area contributed by atoms with Crippen LogP contribution in [0.4, 0.5) is 24.8 Å². The van der Waals surface area contributed by atoms with Gasteiger partial charge in [-0.25, -0.2) is 0 Å². The van der Waals surface area contributed by atoms with Crippen molar-refractivity contribution in [2.75, 3.05) is 5.32 Å². The number of halogens is 4. The van der Waals surface area contributed by atoms with E-state index in [9.17, 15) is 13.2 Å². The molecular formula is C14H8ClF3N4. The monoisotopic (exact) mass is 324 g/mol. The lowest BCUT2D eigenvalue weighted by atomic mass is 9.99. The highest BCUT2D eigenvalue weighted by molar-refractivity contribution is 6.32. The molecule has 1 aromatic heterocycles. The zero-order valence-electron chi connectivity index (χ0n) is 10.9. The van der Waals surface area contributed by atoms with Gasteiger partial charge in [0.15, 0.2) is 0 Å². The van der Waals surface area contributed by atoms with Crippen molar-refractivity contribution < 1.29 is 13.2 Å². The smallest absolute Gasteiger partial charge is 0.359 e. The average Bonchev–Trinajstić information content (AvgIpc) is 2.87. The molecular weight excluding hydrogens is 317 g/mol. The Balaban J connectivity index is 2.30. The van der Waals surface area contributed by atoms with Gasteiger partial charge in [-0.3, -0.25) is 0 Å². The fraction of sp³-hybridized carbons (Fsp3) is 0.143. The number of hydrogen-bond donors (Lipinski definition) is 1. The summed E-state index contributed by atoms with van der Waals surface area (Å²) in [7, 11) is 0. The van der Waals surface area contributed by atoms with Crippen molar-refractivity contribution >= 4 is 23.2 Å². The highest BCUT2D eigenvalue weighted by Crippen LogP contribution is 2.42. The van der Waals surface area contributed by atoms with E-state index in [1.165, 1.54) is 16.8 Å². The third-order valence-corrected chi connectivity index (χ3v) is 3.61. The summed E-state index contributed by atoms with van der Waals surface area (Å²) in [4.78, 5) is 3.21. The molecule has 2 aromatic rings. The highest BCUT2D eigenvalue weighted by atomic mass is 35.5. The molecule has 0 saturated carbocycles. The quantitative estimate of drug-likeness (QED) is 0.607. The Bertz CT molecular complexity index is 817. The second kappa shape index (κ2) is 4.78. The van der Waals surface area contributed by atoms with Gasteiger partial charge in [0, 0.05) is 11.6 Å². The Morgan fingerprint density at radius 3 is 2.73 bits per heavy atom. The minimum atomic E-state index is -4.50.